The molecule has 2 rings (SSSR count). The third kappa shape index (κ3) is 5.36. The monoisotopic (exact) mass is 338 g/mol. The van der Waals surface area contributed by atoms with Gasteiger partial charge in [0.15, 0.2) is 0 Å². The molecule has 24 heavy (non-hydrogen) atoms. The van der Waals surface area contributed by atoms with E-state index in [0.717, 1.165) is 38.8 Å². The van der Waals surface area contributed by atoms with E-state index in [4.69, 9.17) is 5.73 Å². The van der Waals surface area contributed by atoms with Crippen molar-refractivity contribution < 1.29 is 9.59 Å². The number of amides is 3. The summed E-state index contributed by atoms with van der Waals surface area (Å²) in [5, 5.41) is 2.98. The Hall–Kier alpha value is -1.30. The summed E-state index contributed by atoms with van der Waals surface area (Å²) in [4.78, 5) is 28.8. The van der Waals surface area contributed by atoms with E-state index in [0.29, 0.717) is 32.0 Å². The topological polar surface area (TPSA) is 78.7 Å². The second-order valence-corrected chi connectivity index (χ2v) is 7.71. The average Bonchev–Trinajstić information content (AvgIpc) is 2.59. The zero-order valence-electron chi connectivity index (χ0n) is 15.3. The maximum atomic E-state index is 12.7. The van der Waals surface area contributed by atoms with Crippen molar-refractivity contribution in [3.8, 4) is 0 Å². The number of likely N-dealkylation sites (tertiary alicyclic amines) is 2. The number of hydrogen-bond donors (Lipinski definition) is 2. The van der Waals surface area contributed by atoms with Gasteiger partial charge in [-0.05, 0) is 43.9 Å². The highest BCUT2D eigenvalue weighted by molar-refractivity contribution is 5.77. The van der Waals surface area contributed by atoms with Gasteiger partial charge in [-0.3, -0.25) is 4.79 Å². The molecule has 2 atom stereocenters. The molecule has 0 radical (unpaired) electrons. The second-order valence-electron chi connectivity index (χ2n) is 7.71. The maximum Gasteiger partial charge on any atom is 0.317 e. The zero-order valence-corrected chi connectivity index (χ0v) is 15.3. The smallest absolute Gasteiger partial charge is 0.317 e. The lowest BCUT2D eigenvalue weighted by Crippen LogP contribution is -2.50. The van der Waals surface area contributed by atoms with Gasteiger partial charge in [0.05, 0.1) is 0 Å². The first-order valence-electron chi connectivity index (χ1n) is 9.53. The maximum absolute atomic E-state index is 12.7. The molecule has 138 valence electrons. The summed E-state index contributed by atoms with van der Waals surface area (Å²) in [5.41, 5.74) is 5.83. The highest BCUT2D eigenvalue weighted by atomic mass is 16.2. The van der Waals surface area contributed by atoms with Crippen molar-refractivity contribution in [1.82, 2.24) is 15.1 Å². The van der Waals surface area contributed by atoms with Crippen LogP contribution in [0.1, 0.15) is 52.4 Å². The number of nitrogens with zero attached hydrogens (tertiary/aromatic N) is 2. The summed E-state index contributed by atoms with van der Waals surface area (Å²) >= 11 is 0. The third-order valence-corrected chi connectivity index (χ3v) is 5.15. The molecule has 0 aliphatic carbocycles. The number of carbonyl (C=O) groups excluding carboxylic acids is 2. The molecule has 6 nitrogen and oxygen atoms in total. The average molecular weight is 338 g/mol. The van der Waals surface area contributed by atoms with Gasteiger partial charge < -0.3 is 20.9 Å². The number of rotatable bonds is 5. The Kier molecular flexibility index (Phi) is 7.34. The van der Waals surface area contributed by atoms with Gasteiger partial charge in [-0.2, -0.15) is 0 Å². The Morgan fingerprint density at radius 2 is 1.96 bits per heavy atom. The molecule has 0 saturated carbocycles. The van der Waals surface area contributed by atoms with Gasteiger partial charge in [-0.15, -0.1) is 0 Å². The number of hydrogen-bond acceptors (Lipinski definition) is 3. The van der Waals surface area contributed by atoms with Gasteiger partial charge in [0.2, 0.25) is 5.91 Å². The first-order chi connectivity index (χ1) is 11.5. The van der Waals surface area contributed by atoms with Crippen LogP contribution in [0.5, 0.6) is 0 Å². The Morgan fingerprint density at radius 1 is 1.17 bits per heavy atom. The van der Waals surface area contributed by atoms with E-state index in [1.54, 1.807) is 0 Å². The van der Waals surface area contributed by atoms with E-state index in [9.17, 15) is 9.59 Å². The molecule has 0 bridgehead atoms. The molecular formula is C18H34N4O2. The van der Waals surface area contributed by atoms with Crippen molar-refractivity contribution in [3.63, 3.8) is 0 Å². The summed E-state index contributed by atoms with van der Waals surface area (Å²) < 4.78 is 0. The van der Waals surface area contributed by atoms with Crippen LogP contribution < -0.4 is 11.1 Å². The van der Waals surface area contributed by atoms with Crippen molar-refractivity contribution in [2.45, 2.75) is 58.4 Å². The van der Waals surface area contributed by atoms with Crippen molar-refractivity contribution in [2.75, 3.05) is 32.7 Å². The molecule has 2 heterocycles. The molecule has 6 heteroatoms. The van der Waals surface area contributed by atoms with Crippen LogP contribution in [0.3, 0.4) is 0 Å². The summed E-state index contributed by atoms with van der Waals surface area (Å²) in [6, 6.07) is 0.221. The summed E-state index contributed by atoms with van der Waals surface area (Å²) in [7, 11) is 0. The van der Waals surface area contributed by atoms with Crippen molar-refractivity contribution >= 4 is 11.9 Å². The summed E-state index contributed by atoms with van der Waals surface area (Å²) in [6.45, 7) is 7.76. The Labute approximate surface area is 146 Å². The van der Waals surface area contributed by atoms with E-state index in [2.05, 4.69) is 19.2 Å². The predicted molar refractivity (Wildman–Crippen MR) is 95.6 cm³/mol. The number of urea groups is 1. The quantitative estimate of drug-likeness (QED) is 0.802. The minimum Gasteiger partial charge on any atom is -0.338 e. The summed E-state index contributed by atoms with van der Waals surface area (Å²) in [5.74, 6) is 0.944. The van der Waals surface area contributed by atoms with Crippen LogP contribution in [0, 0.1) is 11.8 Å². The van der Waals surface area contributed by atoms with E-state index in [1.165, 1.54) is 6.42 Å². The molecule has 2 unspecified atom stereocenters. The van der Waals surface area contributed by atoms with Crippen LogP contribution in [-0.2, 0) is 4.79 Å². The summed E-state index contributed by atoms with van der Waals surface area (Å²) in [6.07, 6.45) is 5.82. The van der Waals surface area contributed by atoms with Gasteiger partial charge >= 0.3 is 6.03 Å². The van der Waals surface area contributed by atoms with Gasteiger partial charge in [-0.1, -0.05) is 13.8 Å². The number of nitrogens with one attached hydrogen (secondary N) is 1. The molecular weight excluding hydrogens is 304 g/mol. The lowest BCUT2D eigenvalue weighted by molar-refractivity contribution is -0.136. The molecule has 2 aliphatic rings. The van der Waals surface area contributed by atoms with Crippen molar-refractivity contribution in [3.05, 3.63) is 0 Å². The minimum atomic E-state index is 0.0126. The Morgan fingerprint density at radius 3 is 2.67 bits per heavy atom. The number of nitrogens with two attached hydrogens (primary N) is 1. The number of carbonyl (C=O) groups is 2. The van der Waals surface area contributed by atoms with Crippen LogP contribution in [0.25, 0.3) is 0 Å². The van der Waals surface area contributed by atoms with Gasteiger partial charge in [-0.25, -0.2) is 4.79 Å². The molecule has 2 fully saturated rings. The molecule has 0 aromatic carbocycles. The van der Waals surface area contributed by atoms with Crippen molar-refractivity contribution in [2.24, 2.45) is 17.6 Å². The van der Waals surface area contributed by atoms with Gasteiger partial charge in [0.1, 0.15) is 0 Å². The lowest BCUT2D eigenvalue weighted by atomic mass is 9.93. The van der Waals surface area contributed by atoms with Gasteiger partial charge in [0, 0.05) is 45.2 Å². The largest absolute Gasteiger partial charge is 0.338 e. The van der Waals surface area contributed by atoms with E-state index in [-0.39, 0.29) is 23.9 Å². The molecule has 0 aromatic heterocycles. The fourth-order valence-corrected chi connectivity index (χ4v) is 3.76. The third-order valence-electron chi connectivity index (χ3n) is 5.15. The fourth-order valence-electron chi connectivity index (χ4n) is 3.76. The molecule has 3 N–H and O–H groups in total. The predicted octanol–water partition coefficient (Wildman–Crippen LogP) is 1.79. The molecule has 0 spiro atoms. The van der Waals surface area contributed by atoms with Crippen LogP contribution in [-0.4, -0.2) is 60.5 Å². The normalized spacial score (nSPS) is 25.0. The Balaban J connectivity index is 1.83. The number of piperidine rings is 2. The second kappa shape index (κ2) is 9.25. The molecule has 3 amide bonds. The van der Waals surface area contributed by atoms with Crippen LogP contribution in [0.2, 0.25) is 0 Å². The molecule has 2 saturated heterocycles. The zero-order chi connectivity index (χ0) is 17.5. The Bertz CT molecular complexity index is 427. The molecule has 0 aromatic rings. The van der Waals surface area contributed by atoms with E-state index in [1.807, 2.05) is 9.80 Å². The SMILES string of the molecule is CC(C)CNC(=O)N1CCCC(CC(=O)N2CCCCC2CN)C1. The lowest BCUT2D eigenvalue weighted by Gasteiger charge is -2.37. The first-order valence-corrected chi connectivity index (χ1v) is 9.53. The fraction of sp³-hybridized carbons (Fsp3) is 0.889. The van der Waals surface area contributed by atoms with E-state index >= 15 is 0 Å². The first kappa shape index (κ1) is 19.0. The highest BCUT2D eigenvalue weighted by Crippen LogP contribution is 2.23. The molecule has 2 aliphatic heterocycles. The van der Waals surface area contributed by atoms with Crippen LogP contribution in [0.4, 0.5) is 4.79 Å². The van der Waals surface area contributed by atoms with Crippen LogP contribution in [0.15, 0.2) is 0 Å². The standard InChI is InChI=1S/C18H34N4O2/c1-14(2)12-20-18(24)21-8-5-6-15(13-21)10-17(23)22-9-4-3-7-16(22)11-19/h14-16H,3-13,19H2,1-2H3,(H,20,24). The van der Waals surface area contributed by atoms with Gasteiger partial charge in [0.25, 0.3) is 0 Å². The van der Waals surface area contributed by atoms with E-state index < -0.39 is 0 Å². The minimum absolute atomic E-state index is 0.0126. The van der Waals surface area contributed by atoms with Crippen molar-refractivity contribution in [1.29, 1.82) is 0 Å². The van der Waals surface area contributed by atoms with Crippen LogP contribution >= 0.6 is 0 Å². The highest BCUT2D eigenvalue weighted by Gasteiger charge is 2.30.